The zero-order chi connectivity index (χ0) is 16.8. The third kappa shape index (κ3) is 3.64. The summed E-state index contributed by atoms with van der Waals surface area (Å²) < 4.78 is 0. The molecule has 1 amide bonds. The number of pyridine rings is 2. The molecule has 2 N–H and O–H groups in total. The maximum Gasteiger partial charge on any atom is 0.274 e. The Hall–Kier alpha value is -3.49. The molecular formula is C19H12N3O2. The number of carbonyl (C=O) groups excluding carboxylic acids is 1. The third-order valence-electron chi connectivity index (χ3n) is 3.25. The summed E-state index contributed by atoms with van der Waals surface area (Å²) in [5.41, 5.74) is 4.99. The van der Waals surface area contributed by atoms with Gasteiger partial charge in [0, 0.05) is 34.6 Å². The Morgan fingerprint density at radius 2 is 1.92 bits per heavy atom. The second-order valence-corrected chi connectivity index (χ2v) is 4.88. The molecule has 0 aliphatic carbocycles. The molecule has 1 radical (unpaired) electrons. The Kier molecular flexibility index (Phi) is 4.61. The molecule has 0 atom stereocenters. The minimum absolute atomic E-state index is 0.281. The molecule has 2 aromatic heterocycles. The van der Waals surface area contributed by atoms with E-state index in [1.165, 1.54) is 6.07 Å². The molecule has 0 fully saturated rings. The number of hydroxylamine groups is 1. The van der Waals surface area contributed by atoms with E-state index in [0.29, 0.717) is 5.69 Å². The topological polar surface area (TPSA) is 75.1 Å². The third-order valence-corrected chi connectivity index (χ3v) is 3.25. The lowest BCUT2D eigenvalue weighted by Crippen LogP contribution is -2.18. The second kappa shape index (κ2) is 7.18. The Balaban J connectivity index is 1.83. The average molecular weight is 314 g/mol. The minimum atomic E-state index is -0.603. The van der Waals surface area contributed by atoms with Crippen LogP contribution in [0.4, 0.5) is 0 Å². The fourth-order valence-electron chi connectivity index (χ4n) is 2.04. The van der Waals surface area contributed by atoms with Gasteiger partial charge in [0.05, 0.1) is 11.9 Å². The van der Waals surface area contributed by atoms with Gasteiger partial charge in [-0.15, -0.1) is 0 Å². The first-order valence-electron chi connectivity index (χ1n) is 7.11. The number of nitrogens with one attached hydrogen (secondary N) is 1. The molecule has 2 heterocycles. The van der Waals surface area contributed by atoms with Crippen LogP contribution in [0.5, 0.6) is 0 Å². The second-order valence-electron chi connectivity index (χ2n) is 4.88. The highest BCUT2D eigenvalue weighted by Gasteiger charge is 2.07. The van der Waals surface area contributed by atoms with Crippen LogP contribution in [0.2, 0.25) is 0 Å². The van der Waals surface area contributed by atoms with E-state index >= 15 is 0 Å². The molecule has 3 aromatic rings. The van der Waals surface area contributed by atoms with Crippen molar-refractivity contribution in [1.29, 1.82) is 0 Å². The number of benzene rings is 1. The molecule has 115 valence electrons. The summed E-state index contributed by atoms with van der Waals surface area (Å²) in [7, 11) is 0. The van der Waals surface area contributed by atoms with Gasteiger partial charge in [-0.05, 0) is 36.4 Å². The molecule has 0 bridgehead atoms. The lowest BCUT2D eigenvalue weighted by Gasteiger charge is -2.03. The monoisotopic (exact) mass is 314 g/mol. The van der Waals surface area contributed by atoms with Gasteiger partial charge in [-0.3, -0.25) is 15.0 Å². The van der Waals surface area contributed by atoms with Crippen molar-refractivity contribution in [3.8, 4) is 23.1 Å². The average Bonchev–Trinajstić information content (AvgIpc) is 2.67. The molecule has 0 aliphatic rings. The molecule has 0 aliphatic heterocycles. The first-order valence-corrected chi connectivity index (χ1v) is 7.11. The molecular weight excluding hydrogens is 302 g/mol. The molecule has 5 nitrogen and oxygen atoms in total. The predicted molar refractivity (Wildman–Crippen MR) is 88.0 cm³/mol. The van der Waals surface area contributed by atoms with Crippen molar-refractivity contribution < 1.29 is 10.0 Å². The summed E-state index contributed by atoms with van der Waals surface area (Å²) in [6.07, 6.45) is 6.06. The molecule has 0 unspecified atom stereocenters. The summed E-state index contributed by atoms with van der Waals surface area (Å²) in [6, 6.07) is 14.2. The van der Waals surface area contributed by atoms with Gasteiger partial charge in [-0.25, -0.2) is 10.5 Å². The van der Waals surface area contributed by atoms with Gasteiger partial charge in [-0.2, -0.15) is 0 Å². The molecule has 0 saturated carbocycles. The largest absolute Gasteiger partial charge is 0.288 e. The first kappa shape index (κ1) is 15.4. The van der Waals surface area contributed by atoms with Crippen molar-refractivity contribution in [2.45, 2.75) is 0 Å². The number of carbonyl (C=O) groups is 1. The molecule has 0 saturated heterocycles. The van der Waals surface area contributed by atoms with Crippen LogP contribution in [0.1, 0.15) is 21.5 Å². The Morgan fingerprint density at radius 1 is 1.12 bits per heavy atom. The normalized spacial score (nSPS) is 9.71. The molecule has 3 rings (SSSR count). The lowest BCUT2D eigenvalue weighted by molar-refractivity contribution is 0.0706. The highest BCUT2D eigenvalue weighted by molar-refractivity contribution is 5.94. The van der Waals surface area contributed by atoms with Crippen molar-refractivity contribution >= 4 is 5.91 Å². The quantitative estimate of drug-likeness (QED) is 0.433. The van der Waals surface area contributed by atoms with E-state index in [0.717, 1.165) is 16.7 Å². The maximum atomic E-state index is 11.4. The van der Waals surface area contributed by atoms with Crippen LogP contribution in [0.15, 0.2) is 60.9 Å². The zero-order valence-corrected chi connectivity index (χ0v) is 12.5. The van der Waals surface area contributed by atoms with E-state index < -0.39 is 5.91 Å². The van der Waals surface area contributed by atoms with Crippen LogP contribution in [-0.2, 0) is 0 Å². The van der Waals surface area contributed by atoms with E-state index in [2.05, 4.69) is 28.0 Å². The van der Waals surface area contributed by atoms with Gasteiger partial charge in [0.2, 0.25) is 0 Å². The Labute approximate surface area is 139 Å². The van der Waals surface area contributed by atoms with Crippen LogP contribution in [0.3, 0.4) is 0 Å². The number of hydrogen-bond acceptors (Lipinski definition) is 4. The van der Waals surface area contributed by atoms with Crippen LogP contribution in [-0.4, -0.2) is 21.1 Å². The highest BCUT2D eigenvalue weighted by atomic mass is 16.5. The Morgan fingerprint density at radius 3 is 2.62 bits per heavy atom. The van der Waals surface area contributed by atoms with E-state index in [-0.39, 0.29) is 5.56 Å². The van der Waals surface area contributed by atoms with E-state index in [4.69, 9.17) is 5.21 Å². The van der Waals surface area contributed by atoms with Crippen LogP contribution >= 0.6 is 0 Å². The minimum Gasteiger partial charge on any atom is -0.288 e. The Bertz CT molecular complexity index is 911. The summed E-state index contributed by atoms with van der Waals surface area (Å²) in [5.74, 6) is 5.50. The fraction of sp³-hybridized carbons (Fsp3) is 0. The van der Waals surface area contributed by atoms with E-state index in [1.807, 2.05) is 36.4 Å². The summed E-state index contributed by atoms with van der Waals surface area (Å²) in [6.45, 7) is 0. The van der Waals surface area contributed by atoms with Crippen molar-refractivity contribution in [3.63, 3.8) is 0 Å². The number of hydrogen-bond donors (Lipinski definition) is 2. The smallest absolute Gasteiger partial charge is 0.274 e. The summed E-state index contributed by atoms with van der Waals surface area (Å²) in [5, 5.41) is 8.69. The van der Waals surface area contributed by atoms with E-state index in [1.54, 1.807) is 23.9 Å². The SMILES string of the molecule is O=C(NO)c1c[c]nc(-c2ccc(C#Cc3cccnc3)cc2)c1. The predicted octanol–water partition coefficient (Wildman–Crippen LogP) is 2.46. The number of amides is 1. The number of rotatable bonds is 2. The lowest BCUT2D eigenvalue weighted by atomic mass is 10.1. The van der Waals surface area contributed by atoms with Crippen molar-refractivity contribution in [2.75, 3.05) is 0 Å². The van der Waals surface area contributed by atoms with Gasteiger partial charge in [0.1, 0.15) is 0 Å². The fourth-order valence-corrected chi connectivity index (χ4v) is 2.04. The first-order chi connectivity index (χ1) is 11.8. The number of aromatic nitrogens is 2. The van der Waals surface area contributed by atoms with Crippen molar-refractivity contribution in [1.82, 2.24) is 15.4 Å². The molecule has 5 heteroatoms. The standard InChI is InChI=1S/C19H12N3O2/c23-19(22-24)17-9-11-21-18(12-17)16-7-5-14(6-8-16)3-4-15-2-1-10-20-13-15/h1-2,5-10,12-13,24H,(H,22,23). The van der Waals surface area contributed by atoms with Crippen LogP contribution in [0, 0.1) is 18.0 Å². The molecule has 24 heavy (non-hydrogen) atoms. The van der Waals surface area contributed by atoms with Gasteiger partial charge < -0.3 is 0 Å². The van der Waals surface area contributed by atoms with Gasteiger partial charge in [0.15, 0.2) is 0 Å². The summed E-state index contributed by atoms with van der Waals surface area (Å²) in [4.78, 5) is 19.6. The van der Waals surface area contributed by atoms with Crippen molar-refractivity contribution in [3.05, 3.63) is 83.8 Å². The molecule has 0 spiro atoms. The number of nitrogens with zero attached hydrogens (tertiary/aromatic N) is 2. The van der Waals surface area contributed by atoms with E-state index in [9.17, 15) is 4.79 Å². The highest BCUT2D eigenvalue weighted by Crippen LogP contribution is 2.18. The van der Waals surface area contributed by atoms with Crippen LogP contribution in [0.25, 0.3) is 11.3 Å². The summed E-state index contributed by atoms with van der Waals surface area (Å²) >= 11 is 0. The maximum absolute atomic E-state index is 11.4. The zero-order valence-electron chi connectivity index (χ0n) is 12.5. The van der Waals surface area contributed by atoms with Gasteiger partial charge >= 0.3 is 0 Å². The van der Waals surface area contributed by atoms with Crippen molar-refractivity contribution in [2.24, 2.45) is 0 Å². The molecule has 1 aromatic carbocycles. The van der Waals surface area contributed by atoms with Crippen LogP contribution < -0.4 is 5.48 Å². The van der Waals surface area contributed by atoms with Gasteiger partial charge in [-0.1, -0.05) is 24.0 Å². The van der Waals surface area contributed by atoms with Gasteiger partial charge in [0.25, 0.3) is 5.91 Å².